The lowest BCUT2D eigenvalue weighted by atomic mass is 9.99. The smallest absolute Gasteiger partial charge is 0.336 e. The summed E-state index contributed by atoms with van der Waals surface area (Å²) in [5.74, 6) is -1.09. The van der Waals surface area contributed by atoms with Crippen molar-refractivity contribution in [3.8, 4) is 0 Å². The van der Waals surface area contributed by atoms with Crippen LogP contribution in [0.2, 0.25) is 0 Å². The number of hydrogen-bond acceptors (Lipinski definition) is 3. The van der Waals surface area contributed by atoms with E-state index in [1.807, 2.05) is 0 Å². The molecule has 0 radical (unpaired) electrons. The molecule has 4 nitrogen and oxygen atoms in total. The molecule has 0 heterocycles. The van der Waals surface area contributed by atoms with Gasteiger partial charge in [-0.15, -0.1) is 0 Å². The van der Waals surface area contributed by atoms with Gasteiger partial charge >= 0.3 is 5.97 Å². The fourth-order valence-corrected chi connectivity index (χ4v) is 1.41. The second-order valence-electron chi connectivity index (χ2n) is 3.07. The van der Waals surface area contributed by atoms with Gasteiger partial charge in [0.05, 0.1) is 18.8 Å². The van der Waals surface area contributed by atoms with Crippen molar-refractivity contribution in [2.75, 3.05) is 0 Å². The van der Waals surface area contributed by atoms with Gasteiger partial charge in [0, 0.05) is 0 Å². The second kappa shape index (κ2) is 4.21. The molecule has 0 atom stereocenters. The minimum Gasteiger partial charge on any atom is -0.478 e. The van der Waals surface area contributed by atoms with Gasteiger partial charge in [-0.1, -0.05) is 6.07 Å². The molecule has 0 saturated carbocycles. The molecule has 0 fully saturated rings. The van der Waals surface area contributed by atoms with E-state index in [-0.39, 0.29) is 24.3 Å². The van der Waals surface area contributed by atoms with Crippen LogP contribution in [0.4, 0.5) is 0 Å². The van der Waals surface area contributed by atoms with Gasteiger partial charge in [-0.3, -0.25) is 0 Å². The molecule has 76 valence electrons. The Balaban J connectivity index is 3.39. The minimum absolute atomic E-state index is 0.0524. The van der Waals surface area contributed by atoms with E-state index >= 15 is 0 Å². The molecule has 4 heteroatoms. The highest BCUT2D eigenvalue weighted by atomic mass is 16.4. The number of carbonyl (C=O) groups is 1. The van der Waals surface area contributed by atoms with Gasteiger partial charge in [0.1, 0.15) is 0 Å². The average molecular weight is 196 g/mol. The van der Waals surface area contributed by atoms with Crippen molar-refractivity contribution < 1.29 is 20.1 Å². The van der Waals surface area contributed by atoms with Gasteiger partial charge in [0.2, 0.25) is 0 Å². The Labute approximate surface area is 81.4 Å². The molecule has 0 aliphatic rings. The third kappa shape index (κ3) is 1.92. The summed E-state index contributed by atoms with van der Waals surface area (Å²) in [7, 11) is 0. The molecule has 0 aliphatic carbocycles. The summed E-state index contributed by atoms with van der Waals surface area (Å²) in [4.78, 5) is 10.8. The fraction of sp³-hybridized carbons (Fsp3) is 0.300. The molecule has 0 spiro atoms. The SMILES string of the molecule is Cc1cc(CO)c(CO)c(C(=O)O)c1. The Morgan fingerprint density at radius 2 is 1.93 bits per heavy atom. The van der Waals surface area contributed by atoms with E-state index in [9.17, 15) is 4.79 Å². The largest absolute Gasteiger partial charge is 0.478 e. The number of aliphatic hydroxyl groups excluding tert-OH is 2. The van der Waals surface area contributed by atoms with E-state index in [4.69, 9.17) is 15.3 Å². The highest BCUT2D eigenvalue weighted by molar-refractivity contribution is 5.90. The number of aryl methyl sites for hydroxylation is 1. The summed E-state index contributed by atoms with van der Waals surface area (Å²) in [6.07, 6.45) is 0. The quantitative estimate of drug-likeness (QED) is 0.664. The van der Waals surface area contributed by atoms with Crippen LogP contribution < -0.4 is 0 Å². The molecule has 0 amide bonds. The topological polar surface area (TPSA) is 77.8 Å². The van der Waals surface area contributed by atoms with Gasteiger partial charge in [0.15, 0.2) is 0 Å². The summed E-state index contributed by atoms with van der Waals surface area (Å²) in [5, 5.41) is 26.8. The van der Waals surface area contributed by atoms with Crippen molar-refractivity contribution in [1.82, 2.24) is 0 Å². The standard InChI is InChI=1S/C10H12O4/c1-6-2-7(4-11)9(5-12)8(3-6)10(13)14/h2-3,11-12H,4-5H2,1H3,(H,13,14). The second-order valence-corrected chi connectivity index (χ2v) is 3.07. The summed E-state index contributed by atoms with van der Waals surface area (Å²) in [5.41, 5.74) is 1.55. The maximum absolute atomic E-state index is 10.8. The monoisotopic (exact) mass is 196 g/mol. The van der Waals surface area contributed by atoms with Crippen LogP contribution in [0.15, 0.2) is 12.1 Å². The van der Waals surface area contributed by atoms with Gasteiger partial charge in [-0.25, -0.2) is 4.79 Å². The first-order valence-electron chi connectivity index (χ1n) is 4.17. The molecular weight excluding hydrogens is 184 g/mol. The third-order valence-electron chi connectivity index (χ3n) is 2.05. The Kier molecular flexibility index (Phi) is 3.22. The lowest BCUT2D eigenvalue weighted by molar-refractivity contribution is 0.0693. The van der Waals surface area contributed by atoms with Crippen molar-refractivity contribution in [2.45, 2.75) is 20.1 Å². The Bertz CT molecular complexity index is 357. The van der Waals surface area contributed by atoms with Crippen LogP contribution >= 0.6 is 0 Å². The minimum atomic E-state index is -1.09. The van der Waals surface area contributed by atoms with Gasteiger partial charge in [-0.05, 0) is 29.7 Å². The normalized spacial score (nSPS) is 10.2. The first-order chi connectivity index (χ1) is 6.60. The highest BCUT2D eigenvalue weighted by Crippen LogP contribution is 2.18. The van der Waals surface area contributed by atoms with Gasteiger partial charge in [-0.2, -0.15) is 0 Å². The zero-order valence-electron chi connectivity index (χ0n) is 7.82. The lowest BCUT2D eigenvalue weighted by Gasteiger charge is -2.09. The maximum Gasteiger partial charge on any atom is 0.336 e. The number of carboxylic acids is 1. The van der Waals surface area contributed by atoms with E-state index < -0.39 is 5.97 Å². The van der Waals surface area contributed by atoms with Crippen LogP contribution in [0.3, 0.4) is 0 Å². The van der Waals surface area contributed by atoms with Crippen LogP contribution in [0.25, 0.3) is 0 Å². The molecular formula is C10H12O4. The molecule has 0 bridgehead atoms. The molecule has 1 aromatic rings. The predicted octanol–water partition coefficient (Wildman–Crippen LogP) is 0.678. The van der Waals surface area contributed by atoms with Crippen molar-refractivity contribution in [1.29, 1.82) is 0 Å². The van der Waals surface area contributed by atoms with E-state index in [0.717, 1.165) is 5.56 Å². The summed E-state index contributed by atoms with van der Waals surface area (Å²) in [6.45, 7) is 1.10. The molecule has 1 rings (SSSR count). The molecule has 1 aromatic carbocycles. The summed E-state index contributed by atoms with van der Waals surface area (Å²) in [6, 6.07) is 3.14. The van der Waals surface area contributed by atoms with Crippen LogP contribution in [-0.4, -0.2) is 21.3 Å². The van der Waals surface area contributed by atoms with Crippen LogP contribution in [0, 0.1) is 6.92 Å². The zero-order chi connectivity index (χ0) is 10.7. The molecule has 0 aliphatic heterocycles. The molecule has 0 aromatic heterocycles. The number of rotatable bonds is 3. The predicted molar refractivity (Wildman–Crippen MR) is 50.0 cm³/mol. The van der Waals surface area contributed by atoms with Gasteiger partial charge in [0.25, 0.3) is 0 Å². The number of carboxylic acid groups (broad SMARTS) is 1. The Hall–Kier alpha value is -1.39. The third-order valence-corrected chi connectivity index (χ3v) is 2.05. The lowest BCUT2D eigenvalue weighted by Crippen LogP contribution is -2.07. The van der Waals surface area contributed by atoms with E-state index in [1.54, 1.807) is 13.0 Å². The van der Waals surface area contributed by atoms with E-state index in [1.165, 1.54) is 6.07 Å². The van der Waals surface area contributed by atoms with Crippen molar-refractivity contribution in [2.24, 2.45) is 0 Å². The van der Waals surface area contributed by atoms with E-state index in [0.29, 0.717) is 5.56 Å². The Morgan fingerprint density at radius 3 is 2.36 bits per heavy atom. The first kappa shape index (κ1) is 10.7. The first-order valence-corrected chi connectivity index (χ1v) is 4.17. The number of aliphatic hydroxyl groups is 2. The zero-order valence-corrected chi connectivity index (χ0v) is 7.82. The molecule has 0 saturated heterocycles. The molecule has 0 unspecified atom stereocenters. The number of aromatic carboxylic acids is 1. The highest BCUT2D eigenvalue weighted by Gasteiger charge is 2.13. The number of benzene rings is 1. The molecule has 14 heavy (non-hydrogen) atoms. The maximum atomic E-state index is 10.8. The van der Waals surface area contributed by atoms with Crippen molar-refractivity contribution >= 4 is 5.97 Å². The van der Waals surface area contributed by atoms with Crippen molar-refractivity contribution in [3.05, 3.63) is 34.4 Å². The van der Waals surface area contributed by atoms with E-state index in [2.05, 4.69) is 0 Å². The van der Waals surface area contributed by atoms with Crippen LogP contribution in [-0.2, 0) is 13.2 Å². The number of hydrogen-bond donors (Lipinski definition) is 3. The summed E-state index contributed by atoms with van der Waals surface area (Å²) >= 11 is 0. The van der Waals surface area contributed by atoms with Crippen molar-refractivity contribution in [3.63, 3.8) is 0 Å². The van der Waals surface area contributed by atoms with Gasteiger partial charge < -0.3 is 15.3 Å². The van der Waals surface area contributed by atoms with Crippen LogP contribution in [0.5, 0.6) is 0 Å². The summed E-state index contributed by atoms with van der Waals surface area (Å²) < 4.78 is 0. The average Bonchev–Trinajstić information content (AvgIpc) is 2.16. The molecule has 3 N–H and O–H groups in total. The fourth-order valence-electron chi connectivity index (χ4n) is 1.41. The van der Waals surface area contributed by atoms with Crippen LogP contribution in [0.1, 0.15) is 27.0 Å². The Morgan fingerprint density at radius 1 is 1.29 bits per heavy atom.